The van der Waals surface area contributed by atoms with E-state index in [4.69, 9.17) is 0 Å². The van der Waals surface area contributed by atoms with E-state index in [-0.39, 0.29) is 0 Å². The highest BCUT2D eigenvalue weighted by molar-refractivity contribution is 7.10. The topological polar surface area (TPSA) is 42.7 Å². The van der Waals surface area contributed by atoms with Crippen molar-refractivity contribution < 1.29 is 0 Å². The molecule has 0 aromatic carbocycles. The minimum Gasteiger partial charge on any atom is -0.365 e. The lowest BCUT2D eigenvalue weighted by Crippen LogP contribution is -2.03. The third-order valence-corrected chi connectivity index (χ3v) is 2.88. The fourth-order valence-corrected chi connectivity index (χ4v) is 1.94. The number of hydrogen-bond acceptors (Lipinski definition) is 4. The Morgan fingerprint density at radius 3 is 3.00 bits per heavy atom. The molecule has 0 unspecified atom stereocenters. The zero-order valence-corrected chi connectivity index (χ0v) is 9.01. The Balaban J connectivity index is 1.98. The molecule has 5 heteroatoms. The summed E-state index contributed by atoms with van der Waals surface area (Å²) in [4.78, 5) is 1.34. The van der Waals surface area contributed by atoms with Crippen molar-refractivity contribution in [2.75, 3.05) is 5.32 Å². The van der Waals surface area contributed by atoms with Crippen LogP contribution in [0.3, 0.4) is 0 Å². The van der Waals surface area contributed by atoms with Gasteiger partial charge in [0.15, 0.2) is 0 Å². The van der Waals surface area contributed by atoms with Gasteiger partial charge < -0.3 is 5.32 Å². The lowest BCUT2D eigenvalue weighted by molar-refractivity contribution is 0.717. The van der Waals surface area contributed by atoms with Crippen LogP contribution in [-0.4, -0.2) is 15.0 Å². The van der Waals surface area contributed by atoms with Crippen LogP contribution in [0.15, 0.2) is 17.6 Å². The standard InChI is InChI=1S/C9H12N4S/c1-7-3-8(6-14-7)4-10-9-5-11-12-13(9)2/h3,5-6,10H,4H2,1-2H3. The maximum Gasteiger partial charge on any atom is 0.144 e. The summed E-state index contributed by atoms with van der Waals surface area (Å²) in [5.41, 5.74) is 1.30. The normalized spacial score (nSPS) is 10.4. The van der Waals surface area contributed by atoms with Gasteiger partial charge in [0.2, 0.25) is 0 Å². The summed E-state index contributed by atoms with van der Waals surface area (Å²) < 4.78 is 1.72. The SMILES string of the molecule is Cc1cc(CNc2cnnn2C)cs1. The van der Waals surface area contributed by atoms with E-state index in [2.05, 4.69) is 34.0 Å². The van der Waals surface area contributed by atoms with Crippen LogP contribution in [0.5, 0.6) is 0 Å². The van der Waals surface area contributed by atoms with E-state index in [9.17, 15) is 0 Å². The third-order valence-electron chi connectivity index (χ3n) is 1.97. The summed E-state index contributed by atoms with van der Waals surface area (Å²) in [5.74, 6) is 0.939. The van der Waals surface area contributed by atoms with E-state index in [1.165, 1.54) is 10.4 Å². The van der Waals surface area contributed by atoms with Crippen molar-refractivity contribution in [1.29, 1.82) is 0 Å². The van der Waals surface area contributed by atoms with Gasteiger partial charge in [-0.2, -0.15) is 0 Å². The van der Waals surface area contributed by atoms with Crippen molar-refractivity contribution in [3.63, 3.8) is 0 Å². The fourth-order valence-electron chi connectivity index (χ4n) is 1.23. The Kier molecular flexibility index (Phi) is 2.49. The molecule has 0 atom stereocenters. The molecule has 0 fully saturated rings. The minimum atomic E-state index is 0.825. The average Bonchev–Trinajstić information content (AvgIpc) is 2.72. The van der Waals surface area contributed by atoms with Crippen LogP contribution in [0.25, 0.3) is 0 Å². The van der Waals surface area contributed by atoms with Gasteiger partial charge in [0.05, 0.1) is 6.20 Å². The number of thiophene rings is 1. The van der Waals surface area contributed by atoms with Crippen LogP contribution >= 0.6 is 11.3 Å². The molecule has 0 aliphatic heterocycles. The van der Waals surface area contributed by atoms with Crippen molar-refractivity contribution in [3.05, 3.63) is 28.1 Å². The number of anilines is 1. The first-order chi connectivity index (χ1) is 6.75. The molecule has 2 aromatic rings. The van der Waals surface area contributed by atoms with Crippen LogP contribution in [-0.2, 0) is 13.6 Å². The van der Waals surface area contributed by atoms with Crippen molar-refractivity contribution in [2.45, 2.75) is 13.5 Å². The number of rotatable bonds is 3. The van der Waals surface area contributed by atoms with Crippen molar-refractivity contribution >= 4 is 17.2 Å². The molecule has 0 spiro atoms. The second kappa shape index (κ2) is 3.79. The molecule has 74 valence electrons. The highest BCUT2D eigenvalue weighted by Gasteiger charge is 1.99. The molecule has 0 amide bonds. The summed E-state index contributed by atoms with van der Waals surface area (Å²) in [5, 5.41) is 13.1. The number of hydrogen-bond donors (Lipinski definition) is 1. The molecule has 4 nitrogen and oxygen atoms in total. The van der Waals surface area contributed by atoms with Crippen LogP contribution in [0.4, 0.5) is 5.82 Å². The largest absolute Gasteiger partial charge is 0.365 e. The van der Waals surface area contributed by atoms with E-state index in [1.54, 1.807) is 22.2 Å². The Labute approximate surface area is 86.6 Å². The summed E-state index contributed by atoms with van der Waals surface area (Å²) in [7, 11) is 1.87. The zero-order chi connectivity index (χ0) is 9.97. The molecule has 2 rings (SSSR count). The Hall–Kier alpha value is -1.36. The first-order valence-corrected chi connectivity index (χ1v) is 5.26. The van der Waals surface area contributed by atoms with Crippen LogP contribution < -0.4 is 5.32 Å². The first kappa shape index (κ1) is 9.21. The van der Waals surface area contributed by atoms with Gasteiger partial charge in [-0.05, 0) is 23.9 Å². The molecule has 2 heterocycles. The van der Waals surface area contributed by atoms with Gasteiger partial charge in [0, 0.05) is 18.5 Å². The molecular weight excluding hydrogens is 196 g/mol. The highest BCUT2D eigenvalue weighted by atomic mass is 32.1. The van der Waals surface area contributed by atoms with Crippen molar-refractivity contribution in [2.24, 2.45) is 7.05 Å². The summed E-state index contributed by atoms with van der Waals surface area (Å²) in [6, 6.07) is 2.18. The maximum atomic E-state index is 3.84. The quantitative estimate of drug-likeness (QED) is 0.836. The molecule has 0 bridgehead atoms. The lowest BCUT2D eigenvalue weighted by Gasteiger charge is -2.02. The third kappa shape index (κ3) is 1.93. The molecule has 0 radical (unpaired) electrons. The van der Waals surface area contributed by atoms with E-state index in [0.717, 1.165) is 12.4 Å². The van der Waals surface area contributed by atoms with Gasteiger partial charge in [0.25, 0.3) is 0 Å². The Morgan fingerprint density at radius 2 is 2.43 bits per heavy atom. The van der Waals surface area contributed by atoms with E-state index in [1.807, 2.05) is 7.05 Å². The van der Waals surface area contributed by atoms with Crippen LogP contribution in [0, 0.1) is 6.92 Å². The smallest absolute Gasteiger partial charge is 0.144 e. The van der Waals surface area contributed by atoms with Crippen molar-refractivity contribution in [3.8, 4) is 0 Å². The summed E-state index contributed by atoms with van der Waals surface area (Å²) in [6.45, 7) is 2.94. The van der Waals surface area contributed by atoms with Gasteiger partial charge >= 0.3 is 0 Å². The molecule has 2 aromatic heterocycles. The monoisotopic (exact) mass is 208 g/mol. The van der Waals surface area contributed by atoms with Crippen LogP contribution in [0.1, 0.15) is 10.4 Å². The predicted molar refractivity (Wildman–Crippen MR) is 57.4 cm³/mol. The molecular formula is C9H12N4S. The maximum absolute atomic E-state index is 3.84. The second-order valence-electron chi connectivity index (χ2n) is 3.16. The Morgan fingerprint density at radius 1 is 1.57 bits per heavy atom. The van der Waals surface area contributed by atoms with E-state index in [0.29, 0.717) is 0 Å². The highest BCUT2D eigenvalue weighted by Crippen LogP contribution is 2.14. The molecule has 0 saturated heterocycles. The van der Waals surface area contributed by atoms with Gasteiger partial charge in [-0.1, -0.05) is 5.21 Å². The van der Waals surface area contributed by atoms with Gasteiger partial charge in [0.1, 0.15) is 5.82 Å². The number of nitrogens with zero attached hydrogens (tertiary/aromatic N) is 3. The van der Waals surface area contributed by atoms with Crippen molar-refractivity contribution in [1.82, 2.24) is 15.0 Å². The minimum absolute atomic E-state index is 0.825. The number of nitrogens with one attached hydrogen (secondary N) is 1. The lowest BCUT2D eigenvalue weighted by atomic mass is 10.3. The average molecular weight is 208 g/mol. The zero-order valence-electron chi connectivity index (χ0n) is 8.19. The Bertz CT molecular complexity index is 418. The molecule has 0 aliphatic rings. The first-order valence-electron chi connectivity index (χ1n) is 4.38. The predicted octanol–water partition coefficient (Wildman–Crippen LogP) is 1.80. The van der Waals surface area contributed by atoms with Gasteiger partial charge in [-0.25, -0.2) is 4.68 Å². The van der Waals surface area contributed by atoms with E-state index < -0.39 is 0 Å². The molecule has 0 saturated carbocycles. The second-order valence-corrected chi connectivity index (χ2v) is 4.28. The molecule has 1 N–H and O–H groups in total. The molecule has 0 aliphatic carbocycles. The molecule has 14 heavy (non-hydrogen) atoms. The van der Waals surface area contributed by atoms with Gasteiger partial charge in [-0.3, -0.25) is 0 Å². The summed E-state index contributed by atoms with van der Waals surface area (Å²) >= 11 is 1.77. The fraction of sp³-hybridized carbons (Fsp3) is 0.333. The van der Waals surface area contributed by atoms with E-state index >= 15 is 0 Å². The number of aryl methyl sites for hydroxylation is 2. The van der Waals surface area contributed by atoms with Crippen LogP contribution in [0.2, 0.25) is 0 Å². The summed E-state index contributed by atoms with van der Waals surface area (Å²) in [6.07, 6.45) is 1.72. The van der Waals surface area contributed by atoms with Gasteiger partial charge in [-0.15, -0.1) is 16.4 Å². The number of aromatic nitrogens is 3.